The number of benzene rings is 1. The minimum absolute atomic E-state index is 0.0369. The summed E-state index contributed by atoms with van der Waals surface area (Å²) in [6, 6.07) is 7.64. The summed E-state index contributed by atoms with van der Waals surface area (Å²) in [5.74, 6) is -0.828. The van der Waals surface area contributed by atoms with Gasteiger partial charge >= 0.3 is 5.97 Å². The van der Waals surface area contributed by atoms with Crippen molar-refractivity contribution in [1.29, 1.82) is 0 Å². The highest BCUT2D eigenvalue weighted by Crippen LogP contribution is 2.49. The fourth-order valence-corrected chi connectivity index (χ4v) is 4.42. The normalized spacial score (nSPS) is 23.0. The summed E-state index contributed by atoms with van der Waals surface area (Å²) in [5.41, 5.74) is 2.74. The second-order valence-corrected chi connectivity index (χ2v) is 9.13. The predicted octanol–water partition coefficient (Wildman–Crippen LogP) is 5.02. The predicted molar refractivity (Wildman–Crippen MR) is 118 cm³/mol. The molecule has 3 rings (SSSR count). The van der Waals surface area contributed by atoms with Crippen molar-refractivity contribution in [3.05, 3.63) is 53.8 Å². The molecule has 0 N–H and O–H groups in total. The van der Waals surface area contributed by atoms with Gasteiger partial charge in [-0.2, -0.15) is 0 Å². The van der Waals surface area contributed by atoms with Crippen molar-refractivity contribution < 1.29 is 19.1 Å². The monoisotopic (exact) mass is 409 g/mol. The standard InChI is InChI=1S/C25H31NO4/c1-7-12-29-24(28)21-16(4)26-18-13-25(5,6)14-19(27)23(18)22(21)17-10-8-9-11-20(17)30-15(2)3/h7-11,15,21-22H,1,12-14H2,2-6H3/t21?,22-/m0/s1. The van der Waals surface area contributed by atoms with Crippen LogP contribution in [0.4, 0.5) is 0 Å². The van der Waals surface area contributed by atoms with E-state index in [2.05, 4.69) is 20.4 Å². The average Bonchev–Trinajstić information content (AvgIpc) is 2.64. The minimum Gasteiger partial charge on any atom is -0.491 e. The van der Waals surface area contributed by atoms with E-state index >= 15 is 0 Å². The lowest BCUT2D eigenvalue weighted by atomic mass is 9.66. The third-order valence-electron chi connectivity index (χ3n) is 5.52. The Morgan fingerprint density at radius 2 is 2.00 bits per heavy atom. The van der Waals surface area contributed by atoms with Gasteiger partial charge in [0.15, 0.2) is 5.78 Å². The highest BCUT2D eigenvalue weighted by molar-refractivity contribution is 6.09. The van der Waals surface area contributed by atoms with Gasteiger partial charge in [-0.25, -0.2) is 0 Å². The minimum atomic E-state index is -0.675. The zero-order chi connectivity index (χ0) is 22.1. The third kappa shape index (κ3) is 4.40. The Hall–Kier alpha value is -2.69. The van der Waals surface area contributed by atoms with E-state index in [0.29, 0.717) is 29.9 Å². The molecule has 0 bridgehead atoms. The number of nitrogens with zero attached hydrogens (tertiary/aromatic N) is 1. The van der Waals surface area contributed by atoms with Gasteiger partial charge < -0.3 is 9.47 Å². The number of carbonyl (C=O) groups is 2. The maximum absolute atomic E-state index is 13.3. The number of rotatable bonds is 6. The van der Waals surface area contributed by atoms with Gasteiger partial charge in [0.1, 0.15) is 18.3 Å². The molecular weight excluding hydrogens is 378 g/mol. The van der Waals surface area contributed by atoms with E-state index in [-0.39, 0.29) is 23.9 Å². The smallest absolute Gasteiger partial charge is 0.315 e. The summed E-state index contributed by atoms with van der Waals surface area (Å²) < 4.78 is 11.5. The van der Waals surface area contributed by atoms with E-state index in [4.69, 9.17) is 14.5 Å². The van der Waals surface area contributed by atoms with Crippen molar-refractivity contribution in [2.45, 2.75) is 59.5 Å². The lowest BCUT2D eigenvalue weighted by Gasteiger charge is -2.39. The van der Waals surface area contributed by atoms with Crippen molar-refractivity contribution in [3.63, 3.8) is 0 Å². The summed E-state index contributed by atoms with van der Waals surface area (Å²) in [6.45, 7) is 13.7. The first-order chi connectivity index (χ1) is 14.1. The lowest BCUT2D eigenvalue weighted by Crippen LogP contribution is -2.39. The van der Waals surface area contributed by atoms with Crippen LogP contribution in [0.25, 0.3) is 0 Å². The Kier molecular flexibility index (Phi) is 6.30. The summed E-state index contributed by atoms with van der Waals surface area (Å²) in [7, 11) is 0. The maximum Gasteiger partial charge on any atom is 0.315 e. The van der Waals surface area contributed by atoms with Crippen LogP contribution in [0.1, 0.15) is 58.9 Å². The quantitative estimate of drug-likeness (QED) is 0.489. The molecule has 160 valence electrons. The number of allylic oxidation sites excluding steroid dienone is 2. The molecule has 1 aliphatic carbocycles. The van der Waals surface area contributed by atoms with Crippen molar-refractivity contribution >= 4 is 17.5 Å². The number of Topliss-reactive ketones (excluding diaryl/α,β-unsaturated/α-hetero) is 1. The van der Waals surface area contributed by atoms with E-state index in [9.17, 15) is 9.59 Å². The Bertz CT molecular complexity index is 923. The zero-order valence-corrected chi connectivity index (χ0v) is 18.5. The number of para-hydroxylation sites is 1. The van der Waals surface area contributed by atoms with Gasteiger partial charge in [-0.05, 0) is 38.7 Å². The Labute approximate surface area is 178 Å². The highest BCUT2D eigenvalue weighted by atomic mass is 16.5. The van der Waals surface area contributed by atoms with Crippen molar-refractivity contribution in [3.8, 4) is 5.75 Å². The number of hydrogen-bond acceptors (Lipinski definition) is 5. The Morgan fingerprint density at radius 3 is 2.67 bits per heavy atom. The van der Waals surface area contributed by atoms with Gasteiger partial charge in [0.25, 0.3) is 0 Å². The van der Waals surface area contributed by atoms with Crippen LogP contribution in [0.2, 0.25) is 0 Å². The third-order valence-corrected chi connectivity index (χ3v) is 5.52. The molecule has 0 spiro atoms. The van der Waals surface area contributed by atoms with Crippen LogP contribution < -0.4 is 4.74 Å². The highest BCUT2D eigenvalue weighted by Gasteiger charge is 2.46. The molecule has 0 aromatic heterocycles. The molecule has 0 radical (unpaired) electrons. The zero-order valence-electron chi connectivity index (χ0n) is 18.5. The molecule has 5 heteroatoms. The second kappa shape index (κ2) is 8.58. The van der Waals surface area contributed by atoms with Crippen LogP contribution in [0.15, 0.2) is 53.2 Å². The van der Waals surface area contributed by atoms with Gasteiger partial charge in [-0.1, -0.05) is 44.7 Å². The second-order valence-electron chi connectivity index (χ2n) is 9.13. The molecule has 1 heterocycles. The van der Waals surface area contributed by atoms with Crippen LogP contribution in [0.3, 0.4) is 0 Å². The molecule has 0 amide bonds. The van der Waals surface area contributed by atoms with Gasteiger partial charge in [0.2, 0.25) is 0 Å². The van der Waals surface area contributed by atoms with E-state index in [1.54, 1.807) is 0 Å². The molecule has 1 aromatic rings. The Balaban J connectivity index is 2.19. The average molecular weight is 410 g/mol. The van der Waals surface area contributed by atoms with Gasteiger partial charge in [-0.3, -0.25) is 14.6 Å². The molecule has 0 saturated heterocycles. The van der Waals surface area contributed by atoms with E-state index < -0.39 is 17.8 Å². The first-order valence-electron chi connectivity index (χ1n) is 10.5. The molecule has 30 heavy (non-hydrogen) atoms. The topological polar surface area (TPSA) is 65.0 Å². The first kappa shape index (κ1) is 22.0. The first-order valence-corrected chi connectivity index (χ1v) is 10.5. The number of hydrogen-bond donors (Lipinski definition) is 0. The van der Waals surface area contributed by atoms with Gasteiger partial charge in [-0.15, -0.1) is 0 Å². The molecule has 1 aromatic carbocycles. The van der Waals surface area contributed by atoms with Crippen LogP contribution in [-0.4, -0.2) is 30.2 Å². The number of esters is 1. The molecule has 2 atom stereocenters. The van der Waals surface area contributed by atoms with Crippen LogP contribution in [0.5, 0.6) is 5.75 Å². The van der Waals surface area contributed by atoms with Crippen LogP contribution >= 0.6 is 0 Å². The molecule has 1 aliphatic heterocycles. The number of aliphatic imine (C=N–C) groups is 1. The molecular formula is C25H31NO4. The van der Waals surface area contributed by atoms with Crippen LogP contribution in [-0.2, 0) is 14.3 Å². The molecule has 0 saturated carbocycles. The molecule has 2 aliphatic rings. The van der Waals surface area contributed by atoms with E-state index in [0.717, 1.165) is 11.3 Å². The van der Waals surface area contributed by atoms with E-state index in [1.807, 2.05) is 45.0 Å². The fraction of sp³-hybridized carbons (Fsp3) is 0.480. The number of ether oxygens (including phenoxy) is 2. The SMILES string of the molecule is C=CCOC(=O)C1C(C)=NC2=C(C(=O)CC(C)(C)C2)[C@H]1c1ccccc1OC(C)C. The molecule has 5 nitrogen and oxygen atoms in total. The summed E-state index contributed by atoms with van der Waals surface area (Å²) in [4.78, 5) is 31.1. The summed E-state index contributed by atoms with van der Waals surface area (Å²) in [6.07, 6.45) is 2.63. The van der Waals surface area contributed by atoms with Crippen molar-refractivity contribution in [2.24, 2.45) is 16.3 Å². The largest absolute Gasteiger partial charge is 0.491 e. The summed E-state index contributed by atoms with van der Waals surface area (Å²) in [5, 5.41) is 0. The molecule has 0 fully saturated rings. The van der Waals surface area contributed by atoms with E-state index in [1.165, 1.54) is 6.08 Å². The maximum atomic E-state index is 13.3. The fourth-order valence-electron chi connectivity index (χ4n) is 4.42. The van der Waals surface area contributed by atoms with Crippen molar-refractivity contribution in [2.75, 3.05) is 6.61 Å². The number of ketones is 1. The lowest BCUT2D eigenvalue weighted by molar-refractivity contribution is -0.145. The van der Waals surface area contributed by atoms with Crippen molar-refractivity contribution in [1.82, 2.24) is 0 Å². The number of carbonyl (C=O) groups excluding carboxylic acids is 2. The van der Waals surface area contributed by atoms with Crippen LogP contribution in [0, 0.1) is 11.3 Å². The van der Waals surface area contributed by atoms with Gasteiger partial charge in [0, 0.05) is 34.9 Å². The summed E-state index contributed by atoms with van der Waals surface area (Å²) >= 11 is 0. The molecule has 1 unspecified atom stereocenters. The van der Waals surface area contributed by atoms with Gasteiger partial charge in [0.05, 0.1) is 6.10 Å². The Morgan fingerprint density at radius 1 is 1.30 bits per heavy atom.